The standard InChI is InChI=1S/C14H19NO2/c1-10-5-3-6-11(2)14(10)15-13(16)9-12-7-4-8-17-12/h3,5-6,12H,4,7-9H2,1-2H3,(H,15,16). The second-order valence-corrected chi connectivity index (χ2v) is 4.65. The number of carbonyl (C=O) groups excluding carboxylic acids is 1. The molecule has 1 fully saturated rings. The van der Waals surface area contributed by atoms with Gasteiger partial charge >= 0.3 is 0 Å². The summed E-state index contributed by atoms with van der Waals surface area (Å²) >= 11 is 0. The number of aryl methyl sites for hydroxylation is 2. The first-order valence-electron chi connectivity index (χ1n) is 6.14. The van der Waals surface area contributed by atoms with Crippen LogP contribution >= 0.6 is 0 Å². The summed E-state index contributed by atoms with van der Waals surface area (Å²) in [5.74, 6) is 0.0503. The van der Waals surface area contributed by atoms with Crippen molar-refractivity contribution in [1.82, 2.24) is 0 Å². The number of hydrogen-bond donors (Lipinski definition) is 1. The molecule has 1 unspecified atom stereocenters. The van der Waals surface area contributed by atoms with Crippen LogP contribution in [-0.4, -0.2) is 18.6 Å². The number of para-hydroxylation sites is 1. The molecule has 0 aliphatic carbocycles. The smallest absolute Gasteiger partial charge is 0.227 e. The molecule has 1 saturated heterocycles. The first-order chi connectivity index (χ1) is 8.16. The van der Waals surface area contributed by atoms with Crippen LogP contribution in [-0.2, 0) is 9.53 Å². The Balaban J connectivity index is 1.97. The number of anilines is 1. The van der Waals surface area contributed by atoms with Crippen molar-refractivity contribution in [1.29, 1.82) is 0 Å². The molecule has 17 heavy (non-hydrogen) atoms. The maximum absolute atomic E-state index is 11.9. The van der Waals surface area contributed by atoms with Gasteiger partial charge in [0.05, 0.1) is 12.5 Å². The van der Waals surface area contributed by atoms with E-state index in [1.807, 2.05) is 32.0 Å². The Kier molecular flexibility index (Phi) is 3.79. The van der Waals surface area contributed by atoms with E-state index in [0.29, 0.717) is 6.42 Å². The van der Waals surface area contributed by atoms with Crippen LogP contribution in [0.5, 0.6) is 0 Å². The van der Waals surface area contributed by atoms with Crippen LogP contribution in [0.4, 0.5) is 5.69 Å². The van der Waals surface area contributed by atoms with Crippen LogP contribution in [0.1, 0.15) is 30.4 Å². The van der Waals surface area contributed by atoms with Crippen LogP contribution in [0.25, 0.3) is 0 Å². The summed E-state index contributed by atoms with van der Waals surface area (Å²) in [5.41, 5.74) is 3.15. The Labute approximate surface area is 102 Å². The molecule has 1 aliphatic rings. The van der Waals surface area contributed by atoms with Crippen molar-refractivity contribution < 1.29 is 9.53 Å². The number of amides is 1. The van der Waals surface area contributed by atoms with E-state index in [9.17, 15) is 4.79 Å². The van der Waals surface area contributed by atoms with Crippen molar-refractivity contribution in [3.05, 3.63) is 29.3 Å². The third-order valence-corrected chi connectivity index (χ3v) is 3.18. The maximum Gasteiger partial charge on any atom is 0.227 e. The Morgan fingerprint density at radius 3 is 2.71 bits per heavy atom. The molecule has 0 radical (unpaired) electrons. The third kappa shape index (κ3) is 3.07. The minimum atomic E-state index is 0.0503. The highest BCUT2D eigenvalue weighted by atomic mass is 16.5. The first-order valence-corrected chi connectivity index (χ1v) is 6.14. The number of rotatable bonds is 3. The van der Waals surface area contributed by atoms with Gasteiger partial charge in [-0.05, 0) is 37.8 Å². The molecule has 92 valence electrons. The normalized spacial score (nSPS) is 19.3. The van der Waals surface area contributed by atoms with Crippen LogP contribution in [0.2, 0.25) is 0 Å². The van der Waals surface area contributed by atoms with E-state index in [-0.39, 0.29) is 12.0 Å². The number of carbonyl (C=O) groups is 1. The van der Waals surface area contributed by atoms with Crippen molar-refractivity contribution in [2.75, 3.05) is 11.9 Å². The van der Waals surface area contributed by atoms with Gasteiger partial charge in [0.15, 0.2) is 0 Å². The van der Waals surface area contributed by atoms with Crippen molar-refractivity contribution in [2.45, 2.75) is 39.2 Å². The second kappa shape index (κ2) is 5.32. The van der Waals surface area contributed by atoms with Gasteiger partial charge in [-0.2, -0.15) is 0 Å². The molecule has 1 N–H and O–H groups in total. The molecule has 1 aromatic carbocycles. The van der Waals surface area contributed by atoms with Gasteiger partial charge < -0.3 is 10.1 Å². The molecule has 1 heterocycles. The molecule has 3 heteroatoms. The van der Waals surface area contributed by atoms with Gasteiger partial charge in [0.2, 0.25) is 5.91 Å². The zero-order chi connectivity index (χ0) is 12.3. The van der Waals surface area contributed by atoms with Gasteiger partial charge in [-0.3, -0.25) is 4.79 Å². The average Bonchev–Trinajstić information content (AvgIpc) is 2.76. The van der Waals surface area contributed by atoms with E-state index in [1.165, 1.54) is 0 Å². The quantitative estimate of drug-likeness (QED) is 0.871. The SMILES string of the molecule is Cc1cccc(C)c1NC(=O)CC1CCCO1. The molecule has 1 amide bonds. The highest BCUT2D eigenvalue weighted by Gasteiger charge is 2.19. The number of benzene rings is 1. The van der Waals surface area contributed by atoms with Crippen molar-refractivity contribution in [2.24, 2.45) is 0 Å². The van der Waals surface area contributed by atoms with Crippen molar-refractivity contribution in [3.8, 4) is 0 Å². The maximum atomic E-state index is 11.9. The summed E-state index contributed by atoms with van der Waals surface area (Å²) in [6.45, 7) is 4.81. The molecular formula is C14H19NO2. The minimum Gasteiger partial charge on any atom is -0.378 e. The Bertz CT molecular complexity index is 388. The summed E-state index contributed by atoms with van der Waals surface area (Å²) in [6, 6.07) is 6.02. The summed E-state index contributed by atoms with van der Waals surface area (Å²) in [4.78, 5) is 11.9. The molecule has 0 spiro atoms. The zero-order valence-corrected chi connectivity index (χ0v) is 10.5. The zero-order valence-electron chi connectivity index (χ0n) is 10.5. The fourth-order valence-corrected chi connectivity index (χ4v) is 2.21. The molecule has 1 aromatic rings. The van der Waals surface area contributed by atoms with Gasteiger partial charge in [0.1, 0.15) is 0 Å². The molecule has 3 nitrogen and oxygen atoms in total. The number of hydrogen-bond acceptors (Lipinski definition) is 2. The molecule has 1 aliphatic heterocycles. The van der Waals surface area contributed by atoms with E-state index >= 15 is 0 Å². The molecule has 0 bridgehead atoms. The van der Waals surface area contributed by atoms with Gasteiger partial charge in [0.25, 0.3) is 0 Å². The topological polar surface area (TPSA) is 38.3 Å². The number of nitrogens with one attached hydrogen (secondary N) is 1. The Morgan fingerprint density at radius 2 is 2.12 bits per heavy atom. The summed E-state index contributed by atoms with van der Waals surface area (Å²) in [6.07, 6.45) is 2.65. The van der Waals surface area contributed by atoms with Crippen molar-refractivity contribution in [3.63, 3.8) is 0 Å². The predicted molar refractivity (Wildman–Crippen MR) is 68.1 cm³/mol. The molecular weight excluding hydrogens is 214 g/mol. The molecule has 0 saturated carbocycles. The van der Waals surface area contributed by atoms with Gasteiger partial charge in [0, 0.05) is 12.3 Å². The fraction of sp³-hybridized carbons (Fsp3) is 0.500. The lowest BCUT2D eigenvalue weighted by molar-refractivity contribution is -0.118. The Morgan fingerprint density at radius 1 is 1.41 bits per heavy atom. The Hall–Kier alpha value is -1.35. The van der Waals surface area contributed by atoms with Crippen LogP contribution in [0, 0.1) is 13.8 Å². The molecule has 1 atom stereocenters. The molecule has 2 rings (SSSR count). The summed E-state index contributed by atoms with van der Waals surface area (Å²) < 4.78 is 5.46. The second-order valence-electron chi connectivity index (χ2n) is 4.65. The predicted octanol–water partition coefficient (Wildman–Crippen LogP) is 2.81. The monoisotopic (exact) mass is 233 g/mol. The van der Waals surface area contributed by atoms with Crippen LogP contribution < -0.4 is 5.32 Å². The fourth-order valence-electron chi connectivity index (χ4n) is 2.21. The van der Waals surface area contributed by atoms with Crippen LogP contribution in [0.15, 0.2) is 18.2 Å². The lowest BCUT2D eigenvalue weighted by Crippen LogP contribution is -2.20. The third-order valence-electron chi connectivity index (χ3n) is 3.18. The first kappa shape index (κ1) is 12.1. The van der Waals surface area contributed by atoms with Gasteiger partial charge in [-0.25, -0.2) is 0 Å². The van der Waals surface area contributed by atoms with E-state index < -0.39 is 0 Å². The van der Waals surface area contributed by atoms with Gasteiger partial charge in [-0.1, -0.05) is 18.2 Å². The highest BCUT2D eigenvalue weighted by Crippen LogP contribution is 2.21. The van der Waals surface area contributed by atoms with E-state index in [1.54, 1.807) is 0 Å². The molecule has 0 aromatic heterocycles. The lowest BCUT2D eigenvalue weighted by Gasteiger charge is -2.13. The largest absolute Gasteiger partial charge is 0.378 e. The highest BCUT2D eigenvalue weighted by molar-refractivity contribution is 5.92. The summed E-state index contributed by atoms with van der Waals surface area (Å²) in [5, 5.41) is 2.99. The lowest BCUT2D eigenvalue weighted by atomic mass is 10.1. The van der Waals surface area contributed by atoms with Crippen LogP contribution in [0.3, 0.4) is 0 Å². The average molecular weight is 233 g/mol. The van der Waals surface area contributed by atoms with Crippen molar-refractivity contribution >= 4 is 11.6 Å². The van der Waals surface area contributed by atoms with E-state index in [4.69, 9.17) is 4.74 Å². The minimum absolute atomic E-state index is 0.0503. The van der Waals surface area contributed by atoms with E-state index in [2.05, 4.69) is 5.32 Å². The van der Waals surface area contributed by atoms with Gasteiger partial charge in [-0.15, -0.1) is 0 Å². The summed E-state index contributed by atoms with van der Waals surface area (Å²) in [7, 11) is 0. The van der Waals surface area contributed by atoms with E-state index in [0.717, 1.165) is 36.3 Å². The number of ether oxygens (including phenoxy) is 1.